The number of aryl methyl sites for hydroxylation is 4. The van der Waals surface area contributed by atoms with Gasteiger partial charge in [-0.15, -0.1) is 0 Å². The van der Waals surface area contributed by atoms with E-state index in [-0.39, 0.29) is 5.63 Å². The van der Waals surface area contributed by atoms with Gasteiger partial charge in [0.25, 0.3) is 0 Å². The molecule has 0 radical (unpaired) electrons. The maximum Gasteiger partial charge on any atom is 0.336 e. The summed E-state index contributed by atoms with van der Waals surface area (Å²) in [6.45, 7) is 13.3. The summed E-state index contributed by atoms with van der Waals surface area (Å²) in [5, 5.41) is 7.82. The molecule has 3 rings (SSSR count). The summed E-state index contributed by atoms with van der Waals surface area (Å²) < 4.78 is 7.50. The number of hydrogen-bond donors (Lipinski definition) is 1. The highest BCUT2D eigenvalue weighted by Gasteiger charge is 2.12. The summed E-state index contributed by atoms with van der Waals surface area (Å²) >= 11 is 0. The molecule has 5 heteroatoms. The fourth-order valence-electron chi connectivity index (χ4n) is 3.73. The predicted octanol–water partition coefficient (Wildman–Crippen LogP) is 3.19. The lowest BCUT2D eigenvalue weighted by molar-refractivity contribution is -0.670. The van der Waals surface area contributed by atoms with Crippen LogP contribution in [0, 0.1) is 20.8 Å². The lowest BCUT2D eigenvalue weighted by Gasteiger charge is -2.12. The Bertz CT molecular complexity index is 999. The van der Waals surface area contributed by atoms with Gasteiger partial charge in [-0.1, -0.05) is 13.8 Å². The van der Waals surface area contributed by atoms with Gasteiger partial charge in [0.05, 0.1) is 12.2 Å². The molecule has 2 heterocycles. The number of quaternary nitrogens is 1. The van der Waals surface area contributed by atoms with Crippen molar-refractivity contribution < 1.29 is 9.73 Å². The van der Waals surface area contributed by atoms with Crippen molar-refractivity contribution in [3.05, 3.63) is 62.8 Å². The van der Waals surface area contributed by atoms with Gasteiger partial charge in [-0.05, 0) is 56.0 Å². The molecule has 0 fully saturated rings. The number of fused-ring (bicyclic) bond motifs is 1. The molecule has 0 atom stereocenters. The normalized spacial score (nSPS) is 11.6. The third-order valence-electron chi connectivity index (χ3n) is 5.08. The van der Waals surface area contributed by atoms with Crippen molar-refractivity contribution in [3.8, 4) is 0 Å². The van der Waals surface area contributed by atoms with Crippen molar-refractivity contribution in [2.75, 3.05) is 6.54 Å². The Morgan fingerprint density at radius 2 is 1.93 bits per heavy atom. The van der Waals surface area contributed by atoms with E-state index in [1.807, 2.05) is 13.0 Å². The molecular weight excluding hydrogens is 338 g/mol. The van der Waals surface area contributed by atoms with Crippen molar-refractivity contribution in [2.45, 2.75) is 60.0 Å². The summed E-state index contributed by atoms with van der Waals surface area (Å²) in [5.74, 6) is 0.443. The first kappa shape index (κ1) is 19.4. The molecule has 0 unspecified atom stereocenters. The number of aromatic nitrogens is 2. The van der Waals surface area contributed by atoms with E-state index in [2.05, 4.69) is 54.9 Å². The summed E-state index contributed by atoms with van der Waals surface area (Å²) in [5.41, 5.74) is 6.22. The smallest absolute Gasteiger partial charge is 0.336 e. The van der Waals surface area contributed by atoms with Crippen LogP contribution in [0.1, 0.15) is 54.3 Å². The minimum atomic E-state index is -0.273. The molecule has 27 heavy (non-hydrogen) atoms. The van der Waals surface area contributed by atoms with E-state index >= 15 is 0 Å². The van der Waals surface area contributed by atoms with Crippen molar-refractivity contribution in [3.63, 3.8) is 0 Å². The number of rotatable bonds is 7. The molecule has 0 saturated heterocycles. The van der Waals surface area contributed by atoms with Gasteiger partial charge >= 0.3 is 5.63 Å². The monoisotopic (exact) mass is 368 g/mol. The second-order valence-electron chi connectivity index (χ2n) is 7.74. The molecule has 2 aromatic heterocycles. The van der Waals surface area contributed by atoms with Crippen LogP contribution in [0.5, 0.6) is 0 Å². The lowest BCUT2D eigenvalue weighted by atomic mass is 9.95. The molecule has 1 aromatic carbocycles. The Morgan fingerprint density at radius 3 is 2.59 bits per heavy atom. The zero-order chi connectivity index (χ0) is 19.6. The minimum absolute atomic E-state index is 0.273. The van der Waals surface area contributed by atoms with E-state index in [9.17, 15) is 4.79 Å². The van der Waals surface area contributed by atoms with Crippen LogP contribution in [0.2, 0.25) is 0 Å². The zero-order valence-electron chi connectivity index (χ0n) is 17.0. The van der Waals surface area contributed by atoms with Crippen LogP contribution in [0.25, 0.3) is 11.0 Å². The SMILES string of the molecule is Cc1cc(C)n(CCC[NH2+]Cc2cc(=O)oc3cc(C)c(C(C)C)cc23)n1. The average Bonchev–Trinajstić information content (AvgIpc) is 2.90. The van der Waals surface area contributed by atoms with Gasteiger partial charge in [0, 0.05) is 35.7 Å². The van der Waals surface area contributed by atoms with Crippen molar-refractivity contribution >= 4 is 11.0 Å². The molecule has 0 bridgehead atoms. The van der Waals surface area contributed by atoms with Crippen LogP contribution >= 0.6 is 0 Å². The maximum atomic E-state index is 12.0. The lowest BCUT2D eigenvalue weighted by Crippen LogP contribution is -2.82. The Morgan fingerprint density at radius 1 is 1.15 bits per heavy atom. The average molecular weight is 369 g/mol. The van der Waals surface area contributed by atoms with Crippen molar-refractivity contribution in [1.29, 1.82) is 0 Å². The van der Waals surface area contributed by atoms with Crippen LogP contribution < -0.4 is 10.9 Å². The van der Waals surface area contributed by atoms with Gasteiger partial charge in [0.1, 0.15) is 12.1 Å². The van der Waals surface area contributed by atoms with Crippen LogP contribution in [0.15, 0.2) is 33.5 Å². The van der Waals surface area contributed by atoms with Gasteiger partial charge in [0.15, 0.2) is 0 Å². The second-order valence-corrected chi connectivity index (χ2v) is 7.74. The predicted molar refractivity (Wildman–Crippen MR) is 108 cm³/mol. The first-order chi connectivity index (χ1) is 12.8. The van der Waals surface area contributed by atoms with E-state index < -0.39 is 0 Å². The third kappa shape index (κ3) is 4.48. The molecular formula is C22H30N3O2+. The number of nitrogens with zero attached hydrogens (tertiary/aromatic N) is 2. The van der Waals surface area contributed by atoms with Gasteiger partial charge in [-0.3, -0.25) is 4.68 Å². The maximum absolute atomic E-state index is 12.0. The highest BCUT2D eigenvalue weighted by atomic mass is 16.4. The molecule has 0 aliphatic carbocycles. The Balaban J connectivity index is 1.69. The standard InChI is InChI=1S/C22H29N3O2/c1-14(2)19-12-20-18(11-22(26)27-21(20)9-15(19)3)13-23-7-6-8-25-17(5)10-16(4)24-25/h9-12,14,23H,6-8,13H2,1-5H3/p+1. The third-order valence-corrected chi connectivity index (χ3v) is 5.08. The molecule has 3 aromatic rings. The summed E-state index contributed by atoms with van der Waals surface area (Å²) in [7, 11) is 0. The van der Waals surface area contributed by atoms with Crippen LogP contribution in [-0.4, -0.2) is 16.3 Å². The van der Waals surface area contributed by atoms with E-state index in [4.69, 9.17) is 4.42 Å². The molecule has 0 amide bonds. The van der Waals surface area contributed by atoms with Crippen molar-refractivity contribution in [2.24, 2.45) is 0 Å². The first-order valence-corrected chi connectivity index (χ1v) is 9.75. The molecule has 0 spiro atoms. The van der Waals surface area contributed by atoms with Crippen LogP contribution in [0.3, 0.4) is 0 Å². The Labute approximate surface area is 160 Å². The minimum Gasteiger partial charge on any atom is -0.423 e. The molecule has 0 aliphatic rings. The Kier molecular flexibility index (Phi) is 5.80. The number of hydrogen-bond acceptors (Lipinski definition) is 3. The molecule has 144 valence electrons. The summed E-state index contributed by atoms with van der Waals surface area (Å²) in [6.07, 6.45) is 1.04. The number of benzene rings is 1. The largest absolute Gasteiger partial charge is 0.423 e. The summed E-state index contributed by atoms with van der Waals surface area (Å²) in [4.78, 5) is 12.0. The van der Waals surface area contributed by atoms with E-state index in [0.717, 1.165) is 42.7 Å². The fraction of sp³-hybridized carbons (Fsp3) is 0.455. The molecule has 0 saturated carbocycles. The highest BCUT2D eigenvalue weighted by Crippen LogP contribution is 2.26. The molecule has 2 N–H and O–H groups in total. The van der Waals surface area contributed by atoms with Gasteiger partial charge < -0.3 is 9.73 Å². The van der Waals surface area contributed by atoms with Gasteiger partial charge in [-0.25, -0.2) is 4.79 Å². The quantitative estimate of drug-likeness (QED) is 0.514. The first-order valence-electron chi connectivity index (χ1n) is 9.75. The molecule has 5 nitrogen and oxygen atoms in total. The topological polar surface area (TPSA) is 64.6 Å². The molecule has 0 aliphatic heterocycles. The van der Waals surface area contributed by atoms with E-state index in [1.165, 1.54) is 16.8 Å². The van der Waals surface area contributed by atoms with Crippen molar-refractivity contribution in [1.82, 2.24) is 9.78 Å². The zero-order valence-corrected chi connectivity index (χ0v) is 17.0. The van der Waals surface area contributed by atoms with Crippen LogP contribution in [0.4, 0.5) is 0 Å². The van der Waals surface area contributed by atoms with E-state index in [1.54, 1.807) is 6.07 Å². The number of nitrogens with two attached hydrogens (primary N) is 1. The van der Waals surface area contributed by atoms with Crippen LogP contribution in [-0.2, 0) is 13.1 Å². The fourth-order valence-corrected chi connectivity index (χ4v) is 3.73. The second kappa shape index (κ2) is 8.09. The summed E-state index contributed by atoms with van der Waals surface area (Å²) in [6, 6.07) is 7.93. The van der Waals surface area contributed by atoms with Gasteiger partial charge in [0.2, 0.25) is 0 Å². The van der Waals surface area contributed by atoms with Gasteiger partial charge in [-0.2, -0.15) is 5.10 Å². The Hall–Kier alpha value is -2.40. The highest BCUT2D eigenvalue weighted by molar-refractivity contribution is 5.82. The van der Waals surface area contributed by atoms with E-state index in [0.29, 0.717) is 11.5 Å².